The summed E-state index contributed by atoms with van der Waals surface area (Å²) in [6, 6.07) is 23.2. The largest absolute Gasteiger partial charge is 0.457 e. The molecular weight excluding hydrogens is 328 g/mol. The lowest BCUT2D eigenvalue weighted by Gasteiger charge is -2.08. The molecule has 0 unspecified atom stereocenters. The van der Waals surface area contributed by atoms with E-state index in [9.17, 15) is 9.59 Å². The van der Waals surface area contributed by atoms with Gasteiger partial charge in [-0.25, -0.2) is 0 Å². The lowest BCUT2D eigenvalue weighted by Crippen LogP contribution is -2.23. The Labute approximate surface area is 151 Å². The van der Waals surface area contributed by atoms with Gasteiger partial charge in [-0.05, 0) is 54.1 Å². The van der Waals surface area contributed by atoms with E-state index >= 15 is 0 Å². The summed E-state index contributed by atoms with van der Waals surface area (Å²) >= 11 is 0. The predicted molar refractivity (Wildman–Crippen MR) is 99.1 cm³/mol. The summed E-state index contributed by atoms with van der Waals surface area (Å²) in [7, 11) is 0. The zero-order valence-corrected chi connectivity index (χ0v) is 14.0. The van der Waals surface area contributed by atoms with E-state index in [4.69, 9.17) is 10.5 Å². The summed E-state index contributed by atoms with van der Waals surface area (Å²) in [5.41, 5.74) is 7.01. The van der Waals surface area contributed by atoms with Crippen molar-refractivity contribution in [1.29, 1.82) is 0 Å². The maximum atomic E-state index is 12.3. The molecule has 5 nitrogen and oxygen atoms in total. The lowest BCUT2D eigenvalue weighted by atomic mass is 10.1. The first kappa shape index (κ1) is 17.2. The van der Waals surface area contributed by atoms with E-state index in [1.807, 2.05) is 36.4 Å². The Morgan fingerprint density at radius 2 is 1.50 bits per heavy atom. The van der Waals surface area contributed by atoms with E-state index in [0.717, 1.165) is 11.3 Å². The molecule has 0 aliphatic rings. The monoisotopic (exact) mass is 346 g/mol. The number of carbonyl (C=O) groups is 2. The summed E-state index contributed by atoms with van der Waals surface area (Å²) in [5.74, 6) is 0.689. The third kappa shape index (κ3) is 4.48. The Kier molecular flexibility index (Phi) is 5.29. The first-order chi connectivity index (χ1) is 12.6. The number of benzene rings is 3. The maximum absolute atomic E-state index is 12.3. The SMILES string of the molecule is NC(=O)c1cccc(CNC(=O)c2ccc(Oc3ccccc3)cc2)c1. The van der Waals surface area contributed by atoms with Crippen molar-refractivity contribution in [3.8, 4) is 11.5 Å². The summed E-state index contributed by atoms with van der Waals surface area (Å²) in [6.45, 7) is 0.308. The number of hydrogen-bond donors (Lipinski definition) is 2. The zero-order chi connectivity index (χ0) is 18.4. The summed E-state index contributed by atoms with van der Waals surface area (Å²) < 4.78 is 5.70. The molecule has 0 saturated heterocycles. The highest BCUT2D eigenvalue weighted by atomic mass is 16.5. The Morgan fingerprint density at radius 3 is 2.19 bits per heavy atom. The summed E-state index contributed by atoms with van der Waals surface area (Å²) in [4.78, 5) is 23.5. The van der Waals surface area contributed by atoms with Crippen LogP contribution in [0.4, 0.5) is 0 Å². The van der Waals surface area contributed by atoms with Crippen molar-refractivity contribution in [2.24, 2.45) is 5.73 Å². The van der Waals surface area contributed by atoms with Crippen molar-refractivity contribution < 1.29 is 14.3 Å². The van der Waals surface area contributed by atoms with Crippen molar-refractivity contribution in [1.82, 2.24) is 5.32 Å². The van der Waals surface area contributed by atoms with Gasteiger partial charge in [0.2, 0.25) is 5.91 Å². The molecule has 3 aromatic carbocycles. The topological polar surface area (TPSA) is 81.4 Å². The lowest BCUT2D eigenvalue weighted by molar-refractivity contribution is 0.0950. The summed E-state index contributed by atoms with van der Waals surface area (Å²) in [5, 5.41) is 2.82. The fourth-order valence-corrected chi connectivity index (χ4v) is 2.42. The molecule has 2 amide bonds. The first-order valence-corrected chi connectivity index (χ1v) is 8.12. The van der Waals surface area contributed by atoms with Gasteiger partial charge in [0, 0.05) is 17.7 Å². The van der Waals surface area contributed by atoms with Crippen molar-refractivity contribution in [3.05, 3.63) is 95.6 Å². The van der Waals surface area contributed by atoms with Crippen LogP contribution in [-0.2, 0) is 6.54 Å². The standard InChI is InChI=1S/C21H18N2O3/c22-20(24)17-6-4-5-15(13-17)14-23-21(25)16-9-11-19(12-10-16)26-18-7-2-1-3-8-18/h1-13H,14H2,(H2,22,24)(H,23,25). The van der Waals surface area contributed by atoms with Gasteiger partial charge in [-0.1, -0.05) is 30.3 Å². The number of nitrogens with two attached hydrogens (primary N) is 1. The van der Waals surface area contributed by atoms with Crippen LogP contribution in [0.1, 0.15) is 26.3 Å². The molecule has 0 aromatic heterocycles. The molecule has 130 valence electrons. The van der Waals surface area contributed by atoms with Gasteiger partial charge >= 0.3 is 0 Å². The number of nitrogens with one attached hydrogen (secondary N) is 1. The molecule has 0 fully saturated rings. The highest BCUT2D eigenvalue weighted by Crippen LogP contribution is 2.21. The molecule has 26 heavy (non-hydrogen) atoms. The number of carbonyl (C=O) groups excluding carboxylic acids is 2. The smallest absolute Gasteiger partial charge is 0.251 e. The van der Waals surface area contributed by atoms with Crippen LogP contribution < -0.4 is 15.8 Å². The zero-order valence-electron chi connectivity index (χ0n) is 14.0. The van der Waals surface area contributed by atoms with E-state index in [1.165, 1.54) is 0 Å². The van der Waals surface area contributed by atoms with Crippen LogP contribution in [0.25, 0.3) is 0 Å². The van der Waals surface area contributed by atoms with E-state index < -0.39 is 5.91 Å². The number of para-hydroxylation sites is 1. The van der Waals surface area contributed by atoms with Gasteiger partial charge in [-0.15, -0.1) is 0 Å². The average Bonchev–Trinajstić information content (AvgIpc) is 2.68. The highest BCUT2D eigenvalue weighted by Gasteiger charge is 2.07. The average molecular weight is 346 g/mol. The predicted octanol–water partition coefficient (Wildman–Crippen LogP) is 3.51. The molecule has 0 saturated carbocycles. The van der Waals surface area contributed by atoms with Gasteiger partial charge in [-0.2, -0.15) is 0 Å². The third-order valence-electron chi connectivity index (χ3n) is 3.76. The maximum Gasteiger partial charge on any atom is 0.251 e. The fourth-order valence-electron chi connectivity index (χ4n) is 2.42. The minimum absolute atomic E-state index is 0.208. The van der Waals surface area contributed by atoms with Crippen LogP contribution in [0.2, 0.25) is 0 Å². The molecule has 5 heteroatoms. The highest BCUT2D eigenvalue weighted by molar-refractivity contribution is 5.94. The third-order valence-corrected chi connectivity index (χ3v) is 3.76. The van der Waals surface area contributed by atoms with E-state index in [-0.39, 0.29) is 5.91 Å². The molecule has 3 aromatic rings. The van der Waals surface area contributed by atoms with Crippen LogP contribution >= 0.6 is 0 Å². The molecule has 0 aliphatic heterocycles. The fraction of sp³-hybridized carbons (Fsp3) is 0.0476. The number of rotatable bonds is 6. The minimum Gasteiger partial charge on any atom is -0.457 e. The Balaban J connectivity index is 1.60. The first-order valence-electron chi connectivity index (χ1n) is 8.12. The van der Waals surface area contributed by atoms with Gasteiger partial charge in [0.15, 0.2) is 0 Å². The molecule has 0 spiro atoms. The van der Waals surface area contributed by atoms with Gasteiger partial charge < -0.3 is 15.8 Å². The quantitative estimate of drug-likeness (QED) is 0.717. The number of hydrogen-bond acceptors (Lipinski definition) is 3. The molecule has 0 bridgehead atoms. The van der Waals surface area contributed by atoms with Crippen molar-refractivity contribution in [2.75, 3.05) is 0 Å². The van der Waals surface area contributed by atoms with Crippen LogP contribution in [0.15, 0.2) is 78.9 Å². The molecule has 3 N–H and O–H groups in total. The van der Waals surface area contributed by atoms with E-state index in [0.29, 0.717) is 23.4 Å². The van der Waals surface area contributed by atoms with Crippen LogP contribution in [-0.4, -0.2) is 11.8 Å². The molecule has 0 heterocycles. The van der Waals surface area contributed by atoms with Crippen LogP contribution in [0.5, 0.6) is 11.5 Å². The molecule has 0 radical (unpaired) electrons. The van der Waals surface area contributed by atoms with E-state index in [2.05, 4.69) is 5.32 Å². The van der Waals surface area contributed by atoms with Crippen molar-refractivity contribution in [2.45, 2.75) is 6.54 Å². The second-order valence-corrected chi connectivity index (χ2v) is 5.69. The number of primary amides is 1. The number of ether oxygens (including phenoxy) is 1. The minimum atomic E-state index is -0.493. The van der Waals surface area contributed by atoms with Gasteiger partial charge in [0.25, 0.3) is 5.91 Å². The normalized spacial score (nSPS) is 10.2. The summed E-state index contributed by atoms with van der Waals surface area (Å²) in [6.07, 6.45) is 0. The van der Waals surface area contributed by atoms with E-state index in [1.54, 1.807) is 42.5 Å². The van der Waals surface area contributed by atoms with Gasteiger partial charge in [0.1, 0.15) is 11.5 Å². The molecular formula is C21H18N2O3. The second kappa shape index (κ2) is 7.98. The van der Waals surface area contributed by atoms with Gasteiger partial charge in [0.05, 0.1) is 0 Å². The molecule has 0 atom stereocenters. The Bertz CT molecular complexity index is 906. The van der Waals surface area contributed by atoms with Gasteiger partial charge in [-0.3, -0.25) is 9.59 Å². The van der Waals surface area contributed by atoms with Crippen LogP contribution in [0.3, 0.4) is 0 Å². The Hall–Kier alpha value is -3.60. The second-order valence-electron chi connectivity index (χ2n) is 5.69. The van der Waals surface area contributed by atoms with Crippen LogP contribution in [0, 0.1) is 0 Å². The van der Waals surface area contributed by atoms with Crippen molar-refractivity contribution >= 4 is 11.8 Å². The molecule has 3 rings (SSSR count). The van der Waals surface area contributed by atoms with Crippen molar-refractivity contribution in [3.63, 3.8) is 0 Å². The number of amides is 2. The Morgan fingerprint density at radius 1 is 0.808 bits per heavy atom. The molecule has 0 aliphatic carbocycles.